The fourth-order valence-corrected chi connectivity index (χ4v) is 1.22. The number of rotatable bonds is 3. The van der Waals surface area contributed by atoms with Crippen molar-refractivity contribution in [3.63, 3.8) is 0 Å². The zero-order valence-electron chi connectivity index (χ0n) is 9.85. The van der Waals surface area contributed by atoms with E-state index in [1.54, 1.807) is 0 Å². The van der Waals surface area contributed by atoms with Crippen LogP contribution in [0.2, 0.25) is 0 Å². The molecule has 0 spiro atoms. The smallest absolute Gasteiger partial charge is 0.251 e. The molecule has 1 N–H and O–H groups in total. The summed E-state index contributed by atoms with van der Waals surface area (Å²) in [4.78, 5) is 11.9. The van der Waals surface area contributed by atoms with E-state index in [1.165, 1.54) is 6.07 Å². The van der Waals surface area contributed by atoms with Crippen molar-refractivity contribution in [1.29, 1.82) is 0 Å². The number of amides is 1. The van der Waals surface area contributed by atoms with E-state index in [2.05, 4.69) is 21.2 Å². The predicted molar refractivity (Wildman–Crippen MR) is 66.3 cm³/mol. The normalized spacial score (nSPS) is 13.3. The fraction of sp³-hybridized carbons (Fsp3) is 0.417. The molecule has 17 heavy (non-hydrogen) atoms. The highest BCUT2D eigenvalue weighted by atomic mass is 79.9. The topological polar surface area (TPSA) is 29.1 Å². The van der Waals surface area contributed by atoms with Crippen molar-refractivity contribution in [2.75, 3.05) is 0 Å². The van der Waals surface area contributed by atoms with Gasteiger partial charge in [-0.15, -0.1) is 0 Å². The van der Waals surface area contributed by atoms with Crippen LogP contribution in [0, 0.1) is 11.6 Å². The predicted octanol–water partition coefficient (Wildman–Crippen LogP) is 3.26. The van der Waals surface area contributed by atoms with Crippen LogP contribution in [0.3, 0.4) is 0 Å². The van der Waals surface area contributed by atoms with Crippen LogP contribution in [0.1, 0.15) is 31.1 Å². The summed E-state index contributed by atoms with van der Waals surface area (Å²) in [5, 5.41) is 2.74. The van der Waals surface area contributed by atoms with Crippen LogP contribution in [0.15, 0.2) is 18.2 Å². The Morgan fingerprint density at radius 1 is 1.35 bits per heavy atom. The van der Waals surface area contributed by atoms with Crippen molar-refractivity contribution < 1.29 is 13.6 Å². The van der Waals surface area contributed by atoms with Gasteiger partial charge in [0.1, 0.15) is 0 Å². The Kier molecular flexibility index (Phi) is 4.25. The molecular formula is C12H14BrF2NO. The van der Waals surface area contributed by atoms with Gasteiger partial charge in [-0.25, -0.2) is 8.78 Å². The Hall–Kier alpha value is -0.970. The Morgan fingerprint density at radius 2 is 1.94 bits per heavy atom. The van der Waals surface area contributed by atoms with E-state index >= 15 is 0 Å². The highest BCUT2D eigenvalue weighted by molar-refractivity contribution is 9.09. The van der Waals surface area contributed by atoms with Crippen LogP contribution >= 0.6 is 15.9 Å². The fourth-order valence-electron chi connectivity index (χ4n) is 1.10. The summed E-state index contributed by atoms with van der Waals surface area (Å²) < 4.78 is 25.7. The first-order chi connectivity index (χ1) is 7.74. The summed E-state index contributed by atoms with van der Waals surface area (Å²) in [6.07, 6.45) is 0. The number of halogens is 3. The highest BCUT2D eigenvalue weighted by Crippen LogP contribution is 2.18. The van der Waals surface area contributed by atoms with Crippen molar-refractivity contribution in [2.24, 2.45) is 0 Å². The van der Waals surface area contributed by atoms with Gasteiger partial charge in [0.2, 0.25) is 0 Å². The number of carbonyl (C=O) groups excluding carboxylic acids is 1. The number of benzene rings is 1. The Labute approximate surface area is 108 Å². The lowest BCUT2D eigenvalue weighted by atomic mass is 10.0. The third-order valence-electron chi connectivity index (χ3n) is 2.61. The van der Waals surface area contributed by atoms with E-state index in [0.717, 1.165) is 12.1 Å². The quantitative estimate of drug-likeness (QED) is 0.853. The summed E-state index contributed by atoms with van der Waals surface area (Å²) in [5.74, 6) is -2.42. The molecule has 0 aliphatic rings. The van der Waals surface area contributed by atoms with Gasteiger partial charge >= 0.3 is 0 Å². The third kappa shape index (κ3) is 3.49. The van der Waals surface area contributed by atoms with Crippen molar-refractivity contribution >= 4 is 21.8 Å². The molecule has 0 saturated heterocycles. The lowest BCUT2D eigenvalue weighted by molar-refractivity contribution is 0.0913. The largest absolute Gasteiger partial charge is 0.346 e. The van der Waals surface area contributed by atoms with Crippen LogP contribution in [0.4, 0.5) is 8.78 Å². The maximum Gasteiger partial charge on any atom is 0.251 e. The van der Waals surface area contributed by atoms with Gasteiger partial charge in [-0.2, -0.15) is 0 Å². The summed E-state index contributed by atoms with van der Waals surface area (Å²) in [5.41, 5.74) is -0.382. The van der Waals surface area contributed by atoms with Gasteiger partial charge < -0.3 is 5.32 Å². The number of carbonyl (C=O) groups is 1. The van der Waals surface area contributed by atoms with E-state index in [1.807, 2.05) is 20.8 Å². The number of hydrogen-bond acceptors (Lipinski definition) is 1. The molecular weight excluding hydrogens is 292 g/mol. The molecule has 5 heteroatoms. The van der Waals surface area contributed by atoms with E-state index in [-0.39, 0.29) is 10.4 Å². The van der Waals surface area contributed by atoms with Gasteiger partial charge in [0.05, 0.1) is 0 Å². The van der Waals surface area contributed by atoms with Crippen LogP contribution in [-0.2, 0) is 0 Å². The van der Waals surface area contributed by atoms with Crippen molar-refractivity contribution in [2.45, 2.75) is 31.1 Å². The minimum atomic E-state index is -1.03. The van der Waals surface area contributed by atoms with Gasteiger partial charge in [-0.1, -0.05) is 22.9 Å². The van der Waals surface area contributed by atoms with Gasteiger partial charge in [0, 0.05) is 15.9 Å². The Balaban J connectivity index is 2.87. The zero-order chi connectivity index (χ0) is 13.2. The van der Waals surface area contributed by atoms with Crippen molar-refractivity contribution in [3.05, 3.63) is 35.4 Å². The first-order valence-electron chi connectivity index (χ1n) is 5.15. The van der Waals surface area contributed by atoms with Crippen molar-refractivity contribution in [1.82, 2.24) is 5.32 Å². The van der Waals surface area contributed by atoms with E-state index in [0.29, 0.717) is 0 Å². The summed E-state index contributed by atoms with van der Waals surface area (Å²) >= 11 is 3.37. The van der Waals surface area contributed by atoms with Crippen LogP contribution in [-0.4, -0.2) is 16.3 Å². The second-order valence-corrected chi connectivity index (χ2v) is 5.79. The molecule has 0 aliphatic carbocycles. The van der Waals surface area contributed by atoms with Gasteiger partial charge in [-0.3, -0.25) is 4.79 Å². The average Bonchev–Trinajstić information content (AvgIpc) is 2.21. The van der Waals surface area contributed by atoms with E-state index in [4.69, 9.17) is 0 Å². The summed E-state index contributed by atoms with van der Waals surface area (Å²) in [6.45, 7) is 5.57. The third-order valence-corrected chi connectivity index (χ3v) is 3.76. The SMILES string of the molecule is CC(Br)C(C)(C)NC(=O)c1ccc(F)c(F)c1. The van der Waals surface area contributed by atoms with Crippen LogP contribution in [0.25, 0.3) is 0 Å². The van der Waals surface area contributed by atoms with Gasteiger partial charge in [0.15, 0.2) is 11.6 Å². The minimum Gasteiger partial charge on any atom is -0.346 e. The van der Waals surface area contributed by atoms with Crippen LogP contribution in [0.5, 0.6) is 0 Å². The molecule has 0 aliphatic heterocycles. The summed E-state index contributed by atoms with van der Waals surface area (Å²) in [7, 11) is 0. The van der Waals surface area contributed by atoms with Gasteiger partial charge in [0.25, 0.3) is 5.91 Å². The molecule has 2 nitrogen and oxygen atoms in total. The number of alkyl halides is 1. The molecule has 0 fully saturated rings. The Morgan fingerprint density at radius 3 is 2.41 bits per heavy atom. The first-order valence-corrected chi connectivity index (χ1v) is 6.07. The highest BCUT2D eigenvalue weighted by Gasteiger charge is 2.26. The summed E-state index contributed by atoms with van der Waals surface area (Å²) in [6, 6.07) is 3.08. The standard InChI is InChI=1S/C12H14BrF2NO/c1-7(13)12(2,3)16-11(17)8-4-5-9(14)10(15)6-8/h4-7H,1-3H3,(H,16,17). The van der Waals surface area contributed by atoms with E-state index in [9.17, 15) is 13.6 Å². The molecule has 1 rings (SSSR count). The minimum absolute atomic E-state index is 0.0456. The average molecular weight is 306 g/mol. The maximum absolute atomic E-state index is 13.0. The lowest BCUT2D eigenvalue weighted by Gasteiger charge is -2.29. The molecule has 1 aromatic carbocycles. The number of hydrogen-bond donors (Lipinski definition) is 1. The maximum atomic E-state index is 13.0. The van der Waals surface area contributed by atoms with Gasteiger partial charge in [-0.05, 0) is 32.0 Å². The van der Waals surface area contributed by atoms with E-state index < -0.39 is 23.1 Å². The molecule has 0 radical (unpaired) electrons. The number of nitrogens with one attached hydrogen (secondary N) is 1. The molecule has 0 saturated carbocycles. The molecule has 0 aromatic heterocycles. The molecule has 1 unspecified atom stereocenters. The zero-order valence-corrected chi connectivity index (χ0v) is 11.4. The monoisotopic (exact) mass is 305 g/mol. The second kappa shape index (κ2) is 5.12. The lowest BCUT2D eigenvalue weighted by Crippen LogP contribution is -2.48. The molecule has 94 valence electrons. The molecule has 1 aromatic rings. The van der Waals surface area contributed by atoms with Crippen molar-refractivity contribution in [3.8, 4) is 0 Å². The molecule has 0 bridgehead atoms. The first kappa shape index (κ1) is 14.1. The Bertz CT molecular complexity index is 433. The second-order valence-electron chi connectivity index (χ2n) is 4.42. The molecule has 0 heterocycles. The van der Waals surface area contributed by atoms with Crippen LogP contribution < -0.4 is 5.32 Å². The molecule has 1 amide bonds. The molecule has 1 atom stereocenters.